The fraction of sp³-hybridized carbons (Fsp3) is 0.333. The summed E-state index contributed by atoms with van der Waals surface area (Å²) >= 11 is 0. The number of carbonyl (C=O) groups excluding carboxylic acids is 2. The molecule has 21 heavy (non-hydrogen) atoms. The normalized spacial score (nSPS) is 17.0. The summed E-state index contributed by atoms with van der Waals surface area (Å²) in [6, 6.07) is 8.16. The first-order chi connectivity index (χ1) is 10.2. The number of ketones is 1. The standard InChI is InChI=1S/C18H18O3/c1-2-5-18(20)21-17-11-13(19)10-16-14-7-4-3-6-12(14)8-9-15(16)17/h3-4,6-7,11H,2,5,8-10H2,1H3. The fourth-order valence-electron chi connectivity index (χ4n) is 3.01. The van der Waals surface area contributed by atoms with E-state index in [1.54, 1.807) is 0 Å². The van der Waals surface area contributed by atoms with Crippen LogP contribution in [0.3, 0.4) is 0 Å². The van der Waals surface area contributed by atoms with E-state index in [1.165, 1.54) is 11.6 Å². The molecule has 2 aliphatic rings. The third kappa shape index (κ3) is 2.68. The molecule has 0 saturated heterocycles. The van der Waals surface area contributed by atoms with E-state index < -0.39 is 0 Å². The van der Waals surface area contributed by atoms with Crippen molar-refractivity contribution in [2.75, 3.05) is 0 Å². The molecule has 0 spiro atoms. The summed E-state index contributed by atoms with van der Waals surface area (Å²) in [5.41, 5.74) is 4.45. The first kappa shape index (κ1) is 13.8. The van der Waals surface area contributed by atoms with E-state index in [1.807, 2.05) is 25.1 Å². The molecule has 0 aromatic heterocycles. The molecule has 2 aliphatic carbocycles. The summed E-state index contributed by atoms with van der Waals surface area (Å²) in [5, 5.41) is 0. The third-order valence-electron chi connectivity index (χ3n) is 3.97. The summed E-state index contributed by atoms with van der Waals surface area (Å²) < 4.78 is 5.43. The highest BCUT2D eigenvalue weighted by molar-refractivity contribution is 6.03. The van der Waals surface area contributed by atoms with E-state index in [0.29, 0.717) is 18.6 Å². The predicted molar refractivity (Wildman–Crippen MR) is 80.4 cm³/mol. The van der Waals surface area contributed by atoms with Crippen molar-refractivity contribution < 1.29 is 14.3 Å². The molecule has 3 rings (SSSR count). The van der Waals surface area contributed by atoms with Gasteiger partial charge in [0.1, 0.15) is 5.76 Å². The Bertz CT molecular complexity index is 665. The van der Waals surface area contributed by atoms with Gasteiger partial charge in [-0.25, -0.2) is 0 Å². The molecule has 108 valence electrons. The summed E-state index contributed by atoms with van der Waals surface area (Å²) in [4.78, 5) is 23.7. The van der Waals surface area contributed by atoms with Crippen LogP contribution in [0, 0.1) is 0 Å². The van der Waals surface area contributed by atoms with Crippen molar-refractivity contribution in [3.05, 3.63) is 52.8 Å². The average molecular weight is 282 g/mol. The Kier molecular flexibility index (Phi) is 3.74. The van der Waals surface area contributed by atoms with Crippen molar-refractivity contribution in [1.29, 1.82) is 0 Å². The van der Waals surface area contributed by atoms with Crippen LogP contribution in [-0.2, 0) is 20.7 Å². The first-order valence-corrected chi connectivity index (χ1v) is 7.45. The van der Waals surface area contributed by atoms with Crippen LogP contribution in [0.2, 0.25) is 0 Å². The van der Waals surface area contributed by atoms with Crippen molar-refractivity contribution >= 4 is 17.3 Å². The van der Waals surface area contributed by atoms with Crippen LogP contribution >= 0.6 is 0 Å². The number of esters is 1. The van der Waals surface area contributed by atoms with Crippen LogP contribution in [0.5, 0.6) is 0 Å². The van der Waals surface area contributed by atoms with Crippen LogP contribution in [0.4, 0.5) is 0 Å². The van der Waals surface area contributed by atoms with Gasteiger partial charge in [0.25, 0.3) is 0 Å². The molecule has 3 heteroatoms. The molecule has 0 radical (unpaired) electrons. The largest absolute Gasteiger partial charge is 0.426 e. The van der Waals surface area contributed by atoms with Gasteiger partial charge in [-0.1, -0.05) is 31.2 Å². The number of carbonyl (C=O) groups is 2. The Morgan fingerprint density at radius 2 is 2.00 bits per heavy atom. The maximum Gasteiger partial charge on any atom is 0.311 e. The van der Waals surface area contributed by atoms with Crippen molar-refractivity contribution in [3.8, 4) is 0 Å². The van der Waals surface area contributed by atoms with Crippen molar-refractivity contribution in [1.82, 2.24) is 0 Å². The number of hydrogen-bond acceptors (Lipinski definition) is 3. The maximum absolute atomic E-state index is 12.0. The molecular weight excluding hydrogens is 264 g/mol. The van der Waals surface area contributed by atoms with Gasteiger partial charge in [0.15, 0.2) is 5.78 Å². The molecule has 0 fully saturated rings. The molecule has 0 atom stereocenters. The summed E-state index contributed by atoms with van der Waals surface area (Å²) in [6.07, 6.45) is 4.76. The van der Waals surface area contributed by atoms with Gasteiger partial charge < -0.3 is 4.74 Å². The molecule has 0 heterocycles. The lowest BCUT2D eigenvalue weighted by Gasteiger charge is -2.27. The minimum absolute atomic E-state index is 0.00440. The zero-order valence-corrected chi connectivity index (χ0v) is 12.1. The molecular formula is C18H18O3. The Balaban J connectivity index is 1.98. The number of rotatable bonds is 3. The highest BCUT2D eigenvalue weighted by Crippen LogP contribution is 2.39. The smallest absolute Gasteiger partial charge is 0.311 e. The molecule has 0 amide bonds. The highest BCUT2D eigenvalue weighted by Gasteiger charge is 2.28. The highest BCUT2D eigenvalue weighted by atomic mass is 16.5. The van der Waals surface area contributed by atoms with E-state index in [0.717, 1.165) is 36.0 Å². The topological polar surface area (TPSA) is 43.4 Å². The van der Waals surface area contributed by atoms with Crippen LogP contribution in [0.15, 0.2) is 41.7 Å². The fourth-order valence-corrected chi connectivity index (χ4v) is 3.01. The Labute approximate surface area is 124 Å². The summed E-state index contributed by atoms with van der Waals surface area (Å²) in [7, 11) is 0. The van der Waals surface area contributed by atoms with Gasteiger partial charge in [-0.3, -0.25) is 9.59 Å². The van der Waals surface area contributed by atoms with E-state index in [9.17, 15) is 9.59 Å². The average Bonchev–Trinajstić information content (AvgIpc) is 2.47. The number of fused-ring (bicyclic) bond motifs is 2. The first-order valence-electron chi connectivity index (χ1n) is 7.45. The van der Waals surface area contributed by atoms with Crippen LogP contribution in [0.25, 0.3) is 5.57 Å². The lowest BCUT2D eigenvalue weighted by Crippen LogP contribution is -2.17. The number of ether oxygens (including phenoxy) is 1. The minimum Gasteiger partial charge on any atom is -0.426 e. The van der Waals surface area contributed by atoms with E-state index >= 15 is 0 Å². The maximum atomic E-state index is 12.0. The molecule has 0 N–H and O–H groups in total. The Morgan fingerprint density at radius 3 is 2.81 bits per heavy atom. The molecule has 1 aromatic rings. The third-order valence-corrected chi connectivity index (χ3v) is 3.97. The Hall–Kier alpha value is -2.16. The second kappa shape index (κ2) is 5.68. The molecule has 1 aromatic carbocycles. The van der Waals surface area contributed by atoms with Gasteiger partial charge in [-0.2, -0.15) is 0 Å². The number of hydrogen-bond donors (Lipinski definition) is 0. The van der Waals surface area contributed by atoms with Gasteiger partial charge in [-0.15, -0.1) is 0 Å². The number of benzene rings is 1. The van der Waals surface area contributed by atoms with Crippen molar-refractivity contribution in [2.45, 2.75) is 39.0 Å². The van der Waals surface area contributed by atoms with Gasteiger partial charge in [-0.05, 0) is 41.5 Å². The molecule has 3 nitrogen and oxygen atoms in total. The second-order valence-electron chi connectivity index (χ2n) is 5.49. The molecule has 0 saturated carbocycles. The SMILES string of the molecule is CCCC(=O)OC1=CC(=O)CC2=C1CCc1ccccc12. The van der Waals surface area contributed by atoms with Gasteiger partial charge in [0.2, 0.25) is 0 Å². The van der Waals surface area contributed by atoms with E-state index in [-0.39, 0.29) is 11.8 Å². The van der Waals surface area contributed by atoms with Crippen LogP contribution < -0.4 is 0 Å². The molecule has 0 aliphatic heterocycles. The van der Waals surface area contributed by atoms with E-state index in [2.05, 4.69) is 6.07 Å². The lowest BCUT2D eigenvalue weighted by molar-refractivity contribution is -0.139. The molecule has 0 bridgehead atoms. The monoisotopic (exact) mass is 282 g/mol. The lowest BCUT2D eigenvalue weighted by atomic mass is 9.80. The van der Waals surface area contributed by atoms with Gasteiger partial charge in [0.05, 0.1) is 0 Å². The second-order valence-corrected chi connectivity index (χ2v) is 5.49. The minimum atomic E-state index is -0.260. The molecule has 0 unspecified atom stereocenters. The van der Waals surface area contributed by atoms with Crippen LogP contribution in [-0.4, -0.2) is 11.8 Å². The van der Waals surface area contributed by atoms with Gasteiger partial charge >= 0.3 is 5.97 Å². The zero-order chi connectivity index (χ0) is 14.8. The zero-order valence-electron chi connectivity index (χ0n) is 12.1. The van der Waals surface area contributed by atoms with Crippen molar-refractivity contribution in [2.24, 2.45) is 0 Å². The number of allylic oxidation sites excluding steroid dienone is 3. The Morgan fingerprint density at radius 1 is 1.19 bits per heavy atom. The van der Waals surface area contributed by atoms with Gasteiger partial charge in [0, 0.05) is 18.9 Å². The van der Waals surface area contributed by atoms with E-state index in [4.69, 9.17) is 4.74 Å². The van der Waals surface area contributed by atoms with Crippen LogP contribution in [0.1, 0.15) is 43.7 Å². The number of aryl methyl sites for hydroxylation is 1. The summed E-state index contributed by atoms with van der Waals surface area (Å²) in [5.74, 6) is 0.211. The van der Waals surface area contributed by atoms with Crippen molar-refractivity contribution in [3.63, 3.8) is 0 Å². The quantitative estimate of drug-likeness (QED) is 0.796. The predicted octanol–water partition coefficient (Wildman–Crippen LogP) is 3.59. The summed E-state index contributed by atoms with van der Waals surface area (Å²) in [6.45, 7) is 1.93.